The van der Waals surface area contributed by atoms with E-state index >= 15 is 0 Å². The van der Waals surface area contributed by atoms with Crippen molar-refractivity contribution in [2.45, 2.75) is 32.7 Å². The minimum absolute atomic E-state index is 0.0173. The first-order valence-electron chi connectivity index (χ1n) is 7.10. The monoisotopic (exact) mass is 335 g/mol. The molecule has 0 saturated carbocycles. The van der Waals surface area contributed by atoms with Crippen LogP contribution in [0.4, 0.5) is 0 Å². The molecule has 1 heterocycles. The van der Waals surface area contributed by atoms with Crippen LogP contribution in [-0.2, 0) is 4.79 Å². The van der Waals surface area contributed by atoms with Gasteiger partial charge in [0.05, 0.1) is 10.9 Å². The third kappa shape index (κ3) is 4.68. The lowest BCUT2D eigenvalue weighted by Gasteiger charge is -2.14. The zero-order chi connectivity index (χ0) is 16.1. The van der Waals surface area contributed by atoms with Crippen molar-refractivity contribution in [1.29, 1.82) is 0 Å². The summed E-state index contributed by atoms with van der Waals surface area (Å²) in [6.45, 7) is 3.86. The lowest BCUT2D eigenvalue weighted by Crippen LogP contribution is -2.26. The molecule has 1 unspecified atom stereocenters. The second-order valence-corrected chi connectivity index (χ2v) is 6.90. The van der Waals surface area contributed by atoms with Gasteiger partial charge in [0.15, 0.2) is 5.78 Å². The summed E-state index contributed by atoms with van der Waals surface area (Å²) in [5.74, 6) is -0.113. The number of halogens is 1. The third-order valence-corrected chi connectivity index (χ3v) is 4.60. The molecule has 0 bridgehead atoms. The first-order chi connectivity index (χ1) is 10.5. The van der Waals surface area contributed by atoms with Crippen molar-refractivity contribution in [3.05, 3.63) is 56.7 Å². The highest BCUT2D eigenvalue weighted by atomic mass is 35.5. The average Bonchev–Trinajstić information content (AvgIpc) is 2.91. The molecule has 116 valence electrons. The smallest absolute Gasteiger partial charge is 0.220 e. The second-order valence-electron chi connectivity index (χ2n) is 5.18. The van der Waals surface area contributed by atoms with E-state index in [2.05, 4.69) is 5.32 Å². The van der Waals surface area contributed by atoms with Gasteiger partial charge in [0.2, 0.25) is 5.91 Å². The van der Waals surface area contributed by atoms with E-state index in [1.807, 2.05) is 44.2 Å². The van der Waals surface area contributed by atoms with E-state index in [1.165, 1.54) is 11.3 Å². The summed E-state index contributed by atoms with van der Waals surface area (Å²) in [4.78, 5) is 25.8. The fourth-order valence-corrected chi connectivity index (χ4v) is 3.14. The Kier molecular flexibility index (Phi) is 5.75. The summed E-state index contributed by atoms with van der Waals surface area (Å²) in [6.07, 6.45) is 0.425. The number of hydrogen-bond acceptors (Lipinski definition) is 3. The molecule has 0 radical (unpaired) electrons. The van der Waals surface area contributed by atoms with Crippen LogP contribution < -0.4 is 5.32 Å². The van der Waals surface area contributed by atoms with Crippen LogP contribution in [0, 0.1) is 6.92 Å². The minimum Gasteiger partial charge on any atom is -0.350 e. The molecule has 0 spiro atoms. The van der Waals surface area contributed by atoms with Crippen LogP contribution in [0.15, 0.2) is 36.4 Å². The van der Waals surface area contributed by atoms with Crippen molar-refractivity contribution in [2.24, 2.45) is 0 Å². The predicted molar refractivity (Wildman–Crippen MR) is 90.6 cm³/mol. The number of Topliss-reactive ketones (excluding diaryl/α,β-unsaturated/α-hetero) is 1. The van der Waals surface area contributed by atoms with Crippen molar-refractivity contribution < 1.29 is 9.59 Å². The lowest BCUT2D eigenvalue weighted by atomic mass is 10.1. The maximum Gasteiger partial charge on any atom is 0.220 e. The zero-order valence-electron chi connectivity index (χ0n) is 12.6. The van der Waals surface area contributed by atoms with Crippen LogP contribution in [-0.4, -0.2) is 11.7 Å². The number of amides is 1. The van der Waals surface area contributed by atoms with Crippen molar-refractivity contribution in [1.82, 2.24) is 5.32 Å². The van der Waals surface area contributed by atoms with Crippen molar-refractivity contribution >= 4 is 34.6 Å². The van der Waals surface area contributed by atoms with Crippen LogP contribution in [0.2, 0.25) is 5.02 Å². The van der Waals surface area contributed by atoms with Gasteiger partial charge in [-0.25, -0.2) is 0 Å². The Bertz CT molecular complexity index is 681. The highest BCUT2D eigenvalue weighted by molar-refractivity contribution is 7.14. The van der Waals surface area contributed by atoms with Crippen LogP contribution >= 0.6 is 22.9 Å². The summed E-state index contributed by atoms with van der Waals surface area (Å²) in [7, 11) is 0. The van der Waals surface area contributed by atoms with Gasteiger partial charge in [-0.2, -0.15) is 0 Å². The highest BCUT2D eigenvalue weighted by Crippen LogP contribution is 2.19. The molecule has 1 N–H and O–H groups in total. The molecule has 2 aromatic rings. The molecule has 1 amide bonds. The first kappa shape index (κ1) is 16.7. The van der Waals surface area contributed by atoms with Gasteiger partial charge in [-0.1, -0.05) is 23.7 Å². The van der Waals surface area contributed by atoms with E-state index in [0.717, 1.165) is 10.4 Å². The second kappa shape index (κ2) is 7.56. The van der Waals surface area contributed by atoms with Gasteiger partial charge in [-0.05, 0) is 43.7 Å². The normalized spacial score (nSPS) is 12.0. The van der Waals surface area contributed by atoms with Gasteiger partial charge in [0, 0.05) is 22.7 Å². The van der Waals surface area contributed by atoms with Gasteiger partial charge in [0.25, 0.3) is 0 Å². The van der Waals surface area contributed by atoms with E-state index in [-0.39, 0.29) is 30.6 Å². The number of rotatable bonds is 6. The summed E-state index contributed by atoms with van der Waals surface area (Å²) < 4.78 is 0. The molecule has 0 aliphatic carbocycles. The number of nitrogens with one attached hydrogen (secondary N) is 1. The molecule has 0 fully saturated rings. The Morgan fingerprint density at radius 1 is 1.23 bits per heavy atom. The summed E-state index contributed by atoms with van der Waals surface area (Å²) in [6, 6.07) is 11.0. The largest absolute Gasteiger partial charge is 0.350 e. The molecule has 0 saturated heterocycles. The lowest BCUT2D eigenvalue weighted by molar-refractivity contribution is -0.121. The number of thiophene rings is 1. The number of aryl methyl sites for hydroxylation is 1. The zero-order valence-corrected chi connectivity index (χ0v) is 14.1. The highest BCUT2D eigenvalue weighted by Gasteiger charge is 2.13. The van der Waals surface area contributed by atoms with Crippen LogP contribution in [0.5, 0.6) is 0 Å². The Hall–Kier alpha value is -1.65. The maximum atomic E-state index is 12.0. The fraction of sp³-hybridized carbons (Fsp3) is 0.294. The Labute approximate surface area is 139 Å². The number of carbonyl (C=O) groups is 2. The predicted octanol–water partition coefficient (Wildman–Crippen LogP) is 4.55. The Morgan fingerprint density at radius 3 is 2.64 bits per heavy atom. The van der Waals surface area contributed by atoms with E-state index < -0.39 is 0 Å². The van der Waals surface area contributed by atoms with Gasteiger partial charge in [0.1, 0.15) is 0 Å². The van der Waals surface area contributed by atoms with E-state index in [4.69, 9.17) is 11.6 Å². The van der Waals surface area contributed by atoms with Crippen LogP contribution in [0.1, 0.15) is 45.9 Å². The molecule has 5 heteroatoms. The van der Waals surface area contributed by atoms with E-state index in [9.17, 15) is 9.59 Å². The van der Waals surface area contributed by atoms with E-state index in [0.29, 0.717) is 9.90 Å². The molecule has 0 aliphatic rings. The molecule has 22 heavy (non-hydrogen) atoms. The minimum atomic E-state index is -0.134. The molecular formula is C17H18ClNO2S. The van der Waals surface area contributed by atoms with Crippen LogP contribution in [0.3, 0.4) is 0 Å². The molecule has 2 rings (SSSR count). The van der Waals surface area contributed by atoms with Crippen LogP contribution in [0.25, 0.3) is 0 Å². The molecule has 1 atom stereocenters. The fourth-order valence-electron chi connectivity index (χ4n) is 2.11. The molecular weight excluding hydrogens is 318 g/mol. The number of ketones is 1. The Morgan fingerprint density at radius 2 is 2.00 bits per heavy atom. The van der Waals surface area contributed by atoms with Gasteiger partial charge in [-0.3, -0.25) is 9.59 Å². The van der Waals surface area contributed by atoms with Gasteiger partial charge < -0.3 is 5.32 Å². The Balaban J connectivity index is 1.84. The molecule has 0 aliphatic heterocycles. The van der Waals surface area contributed by atoms with E-state index in [1.54, 1.807) is 6.07 Å². The summed E-state index contributed by atoms with van der Waals surface area (Å²) >= 11 is 7.41. The quantitative estimate of drug-likeness (QED) is 0.787. The molecule has 3 nitrogen and oxygen atoms in total. The standard InChI is InChI=1S/C17H18ClNO2S/c1-11-6-8-16(22-11)15(20)7-9-17(21)19-12(2)13-4-3-5-14(18)10-13/h3-6,8,10,12H,7,9H2,1-2H3,(H,19,21). The van der Waals surface area contributed by atoms with Crippen molar-refractivity contribution in [3.63, 3.8) is 0 Å². The third-order valence-electron chi connectivity index (χ3n) is 3.32. The summed E-state index contributed by atoms with van der Waals surface area (Å²) in [5, 5.41) is 3.53. The van der Waals surface area contributed by atoms with Crippen molar-refractivity contribution in [3.8, 4) is 0 Å². The van der Waals surface area contributed by atoms with Gasteiger partial charge in [-0.15, -0.1) is 11.3 Å². The topological polar surface area (TPSA) is 46.2 Å². The molecule has 1 aromatic carbocycles. The molecule has 1 aromatic heterocycles. The SMILES string of the molecule is Cc1ccc(C(=O)CCC(=O)NC(C)c2cccc(Cl)c2)s1. The first-order valence-corrected chi connectivity index (χ1v) is 8.29. The average molecular weight is 336 g/mol. The summed E-state index contributed by atoms with van der Waals surface area (Å²) in [5.41, 5.74) is 0.945. The maximum absolute atomic E-state index is 12.0. The van der Waals surface area contributed by atoms with Crippen molar-refractivity contribution in [2.75, 3.05) is 0 Å². The number of benzene rings is 1. The number of hydrogen-bond donors (Lipinski definition) is 1. The number of carbonyl (C=O) groups excluding carboxylic acids is 2. The van der Waals surface area contributed by atoms with Gasteiger partial charge >= 0.3 is 0 Å².